The second-order valence-corrected chi connectivity index (χ2v) is 5.26. The van der Waals surface area contributed by atoms with Crippen LogP contribution in [0.4, 0.5) is 4.79 Å². The number of nitrogens with one attached hydrogen (secondary N) is 1. The van der Waals surface area contributed by atoms with Crippen molar-refractivity contribution in [2.45, 2.75) is 58.3 Å². The van der Waals surface area contributed by atoms with Crippen molar-refractivity contribution in [1.29, 1.82) is 0 Å². The highest BCUT2D eigenvalue weighted by molar-refractivity contribution is 5.68. The minimum Gasteiger partial charge on any atom is -0.444 e. The van der Waals surface area contributed by atoms with Crippen LogP contribution >= 0.6 is 0 Å². The SMILES string of the molecule is C[C@@H]1[C@@H](O)CC[C@H]1NC(=O)OC(C)(C)C. The van der Waals surface area contributed by atoms with Crippen LogP contribution in [-0.2, 0) is 4.74 Å². The van der Waals surface area contributed by atoms with E-state index in [1.54, 1.807) is 0 Å². The van der Waals surface area contributed by atoms with E-state index in [1.807, 2.05) is 27.7 Å². The van der Waals surface area contributed by atoms with Gasteiger partial charge in [0.15, 0.2) is 0 Å². The fourth-order valence-corrected chi connectivity index (χ4v) is 1.81. The van der Waals surface area contributed by atoms with E-state index in [4.69, 9.17) is 4.74 Å². The Hall–Kier alpha value is -0.770. The summed E-state index contributed by atoms with van der Waals surface area (Å²) < 4.78 is 5.15. The van der Waals surface area contributed by atoms with Crippen LogP contribution in [0.2, 0.25) is 0 Å². The first kappa shape index (κ1) is 12.3. The minimum absolute atomic E-state index is 0.0369. The average molecular weight is 215 g/mol. The molecule has 1 aliphatic carbocycles. The largest absolute Gasteiger partial charge is 0.444 e. The number of amides is 1. The molecule has 2 N–H and O–H groups in total. The minimum atomic E-state index is -0.468. The van der Waals surface area contributed by atoms with Gasteiger partial charge in [0.1, 0.15) is 5.60 Å². The fraction of sp³-hybridized carbons (Fsp3) is 0.909. The number of ether oxygens (including phenoxy) is 1. The van der Waals surface area contributed by atoms with E-state index in [-0.39, 0.29) is 18.1 Å². The Balaban J connectivity index is 2.39. The van der Waals surface area contributed by atoms with Crippen LogP contribution in [0.15, 0.2) is 0 Å². The maximum absolute atomic E-state index is 11.5. The van der Waals surface area contributed by atoms with Crippen molar-refractivity contribution >= 4 is 6.09 Å². The molecule has 0 radical (unpaired) electrons. The molecule has 0 bridgehead atoms. The summed E-state index contributed by atoms with van der Waals surface area (Å²) in [6.07, 6.45) is 0.877. The van der Waals surface area contributed by atoms with Gasteiger partial charge in [-0.2, -0.15) is 0 Å². The lowest BCUT2D eigenvalue weighted by atomic mass is 10.1. The van der Waals surface area contributed by atoms with Crippen LogP contribution in [0.25, 0.3) is 0 Å². The van der Waals surface area contributed by atoms with Gasteiger partial charge in [-0.25, -0.2) is 4.79 Å². The first-order valence-corrected chi connectivity index (χ1v) is 5.47. The zero-order valence-electron chi connectivity index (χ0n) is 9.91. The number of alkyl carbamates (subject to hydrolysis) is 1. The van der Waals surface area contributed by atoms with Crippen molar-refractivity contribution in [3.8, 4) is 0 Å². The van der Waals surface area contributed by atoms with Crippen LogP contribution in [0.5, 0.6) is 0 Å². The van der Waals surface area contributed by atoms with Gasteiger partial charge >= 0.3 is 6.09 Å². The molecule has 15 heavy (non-hydrogen) atoms. The van der Waals surface area contributed by atoms with Gasteiger partial charge in [-0.3, -0.25) is 0 Å². The summed E-state index contributed by atoms with van der Waals surface area (Å²) in [7, 11) is 0. The highest BCUT2D eigenvalue weighted by atomic mass is 16.6. The summed E-state index contributed by atoms with van der Waals surface area (Å²) in [4.78, 5) is 11.5. The van der Waals surface area contributed by atoms with Crippen LogP contribution < -0.4 is 5.32 Å². The lowest BCUT2D eigenvalue weighted by Gasteiger charge is -2.23. The third-order valence-corrected chi connectivity index (χ3v) is 2.72. The van der Waals surface area contributed by atoms with Gasteiger partial charge in [0.2, 0.25) is 0 Å². The van der Waals surface area contributed by atoms with Gasteiger partial charge < -0.3 is 15.2 Å². The maximum Gasteiger partial charge on any atom is 0.407 e. The van der Waals surface area contributed by atoms with E-state index in [0.717, 1.165) is 12.8 Å². The van der Waals surface area contributed by atoms with Crippen LogP contribution in [0.1, 0.15) is 40.5 Å². The summed E-state index contributed by atoms with van der Waals surface area (Å²) in [6, 6.07) is 0.0369. The number of rotatable bonds is 1. The number of hydrogen-bond donors (Lipinski definition) is 2. The second kappa shape index (κ2) is 4.39. The van der Waals surface area contributed by atoms with Crippen molar-refractivity contribution < 1.29 is 14.6 Å². The van der Waals surface area contributed by atoms with E-state index < -0.39 is 11.7 Å². The normalized spacial score (nSPS) is 31.4. The number of carbonyl (C=O) groups excluding carboxylic acids is 1. The fourth-order valence-electron chi connectivity index (χ4n) is 1.81. The summed E-state index contributed by atoms with van der Waals surface area (Å²) in [6.45, 7) is 7.44. The van der Waals surface area contributed by atoms with Gasteiger partial charge in [-0.15, -0.1) is 0 Å². The number of aliphatic hydroxyl groups is 1. The molecule has 0 aliphatic heterocycles. The zero-order chi connectivity index (χ0) is 11.6. The molecule has 0 unspecified atom stereocenters. The molecular formula is C11H21NO3. The van der Waals surface area contributed by atoms with Gasteiger partial charge in [0, 0.05) is 12.0 Å². The van der Waals surface area contributed by atoms with Gasteiger partial charge in [0.25, 0.3) is 0 Å². The smallest absolute Gasteiger partial charge is 0.407 e. The Kier molecular flexibility index (Phi) is 3.60. The molecule has 0 aromatic heterocycles. The molecule has 4 heteroatoms. The molecule has 4 nitrogen and oxygen atoms in total. The van der Waals surface area contributed by atoms with Crippen molar-refractivity contribution in [2.75, 3.05) is 0 Å². The molecule has 1 fully saturated rings. The third-order valence-electron chi connectivity index (χ3n) is 2.72. The van der Waals surface area contributed by atoms with Gasteiger partial charge in [0.05, 0.1) is 6.10 Å². The summed E-state index contributed by atoms with van der Waals surface area (Å²) in [5.74, 6) is 0.109. The molecule has 0 heterocycles. The Morgan fingerprint density at radius 3 is 2.40 bits per heavy atom. The summed E-state index contributed by atoms with van der Waals surface area (Å²) in [5, 5.41) is 12.3. The Bertz CT molecular complexity index is 234. The molecule has 0 aromatic carbocycles. The van der Waals surface area contributed by atoms with Crippen LogP contribution in [0.3, 0.4) is 0 Å². The number of carbonyl (C=O) groups is 1. The predicted molar refractivity (Wildman–Crippen MR) is 57.6 cm³/mol. The van der Waals surface area contributed by atoms with Gasteiger partial charge in [-0.1, -0.05) is 6.92 Å². The molecule has 0 saturated heterocycles. The molecule has 88 valence electrons. The molecular weight excluding hydrogens is 194 g/mol. The third kappa shape index (κ3) is 3.70. The molecule has 0 spiro atoms. The first-order chi connectivity index (χ1) is 6.79. The lowest BCUT2D eigenvalue weighted by Crippen LogP contribution is -2.41. The average Bonchev–Trinajstić information content (AvgIpc) is 2.32. The predicted octanol–water partition coefficient (Wildman–Crippen LogP) is 1.67. The topological polar surface area (TPSA) is 58.6 Å². The van der Waals surface area contributed by atoms with E-state index in [9.17, 15) is 9.90 Å². The molecule has 1 amide bonds. The van der Waals surface area contributed by atoms with Crippen molar-refractivity contribution in [2.24, 2.45) is 5.92 Å². The Labute approximate surface area is 91.0 Å². The molecule has 3 atom stereocenters. The Morgan fingerprint density at radius 2 is 2.00 bits per heavy atom. The molecule has 1 saturated carbocycles. The van der Waals surface area contributed by atoms with Crippen LogP contribution in [-0.4, -0.2) is 28.9 Å². The quantitative estimate of drug-likeness (QED) is 0.699. The monoisotopic (exact) mass is 215 g/mol. The van der Waals surface area contributed by atoms with Crippen LogP contribution in [0, 0.1) is 5.92 Å². The highest BCUT2D eigenvalue weighted by Crippen LogP contribution is 2.25. The zero-order valence-corrected chi connectivity index (χ0v) is 9.91. The number of aliphatic hydroxyl groups excluding tert-OH is 1. The van der Waals surface area contributed by atoms with Crippen molar-refractivity contribution in [1.82, 2.24) is 5.32 Å². The van der Waals surface area contributed by atoms with Gasteiger partial charge in [-0.05, 0) is 33.6 Å². The maximum atomic E-state index is 11.5. The second-order valence-electron chi connectivity index (χ2n) is 5.26. The summed E-state index contributed by atoms with van der Waals surface area (Å²) in [5.41, 5.74) is -0.468. The van der Waals surface area contributed by atoms with E-state index in [2.05, 4.69) is 5.32 Å². The van der Waals surface area contributed by atoms with E-state index >= 15 is 0 Å². The van der Waals surface area contributed by atoms with Crippen molar-refractivity contribution in [3.63, 3.8) is 0 Å². The Morgan fingerprint density at radius 1 is 1.40 bits per heavy atom. The van der Waals surface area contributed by atoms with E-state index in [1.165, 1.54) is 0 Å². The number of hydrogen-bond acceptors (Lipinski definition) is 3. The summed E-state index contributed by atoms with van der Waals surface area (Å²) >= 11 is 0. The standard InChI is InChI=1S/C11H21NO3/c1-7-8(5-6-9(7)13)12-10(14)15-11(2,3)4/h7-9,13H,5-6H2,1-4H3,(H,12,14)/t7-,8+,9-/m0/s1. The molecule has 1 aliphatic rings. The first-order valence-electron chi connectivity index (χ1n) is 5.47. The lowest BCUT2D eigenvalue weighted by molar-refractivity contribution is 0.0480. The molecule has 1 rings (SSSR count). The molecule has 0 aromatic rings. The van der Waals surface area contributed by atoms with E-state index in [0.29, 0.717) is 0 Å². The highest BCUT2D eigenvalue weighted by Gasteiger charge is 2.33. The van der Waals surface area contributed by atoms with Crippen molar-refractivity contribution in [3.05, 3.63) is 0 Å².